The predicted molar refractivity (Wildman–Crippen MR) is 72.7 cm³/mol. The molecule has 0 aliphatic heterocycles. The number of nitrogens with zero attached hydrogens (tertiary/aromatic N) is 2. The largest absolute Gasteiger partial charge is 0.388 e. The summed E-state index contributed by atoms with van der Waals surface area (Å²) in [4.78, 5) is 14.3. The lowest BCUT2D eigenvalue weighted by molar-refractivity contribution is -0.384. The first kappa shape index (κ1) is 15.1. The lowest BCUT2D eigenvalue weighted by Gasteiger charge is -2.23. The molecule has 1 heterocycles. The van der Waals surface area contributed by atoms with Gasteiger partial charge < -0.3 is 15.8 Å². The Morgan fingerprint density at radius 3 is 2.79 bits per heavy atom. The molecule has 19 heavy (non-hydrogen) atoms. The van der Waals surface area contributed by atoms with Gasteiger partial charge in [-0.05, 0) is 19.4 Å². The topological polar surface area (TPSA) is 126 Å². The summed E-state index contributed by atoms with van der Waals surface area (Å²) in [6, 6.07) is 2.71. The van der Waals surface area contributed by atoms with E-state index in [4.69, 9.17) is 5.84 Å². The number of nitrogen functional groups attached to an aromatic ring is 1. The monoisotopic (exact) mass is 269 g/mol. The number of aromatic nitrogens is 1. The highest BCUT2D eigenvalue weighted by Gasteiger charge is 2.22. The Labute approximate surface area is 111 Å². The lowest BCUT2D eigenvalue weighted by atomic mass is 10.0. The average Bonchev–Trinajstić information content (AvgIpc) is 2.35. The first-order valence-corrected chi connectivity index (χ1v) is 5.98. The van der Waals surface area contributed by atoms with Crippen molar-refractivity contribution in [3.63, 3.8) is 0 Å². The molecule has 0 saturated carbocycles. The molecule has 1 rings (SSSR count). The van der Waals surface area contributed by atoms with E-state index in [2.05, 4.69) is 15.7 Å². The molecule has 0 radical (unpaired) electrons. The summed E-state index contributed by atoms with van der Waals surface area (Å²) in [5.74, 6) is 5.60. The summed E-state index contributed by atoms with van der Waals surface area (Å²) in [5, 5.41) is 23.7. The number of anilines is 2. The van der Waals surface area contributed by atoms with Crippen molar-refractivity contribution in [2.45, 2.75) is 32.3 Å². The number of aliphatic hydroxyl groups is 1. The Hall–Kier alpha value is -1.93. The molecule has 0 aliphatic carbocycles. The van der Waals surface area contributed by atoms with Crippen LogP contribution >= 0.6 is 0 Å². The van der Waals surface area contributed by atoms with Gasteiger partial charge in [0.1, 0.15) is 5.82 Å². The van der Waals surface area contributed by atoms with Crippen LogP contribution in [0, 0.1) is 10.1 Å². The lowest BCUT2D eigenvalue weighted by Crippen LogP contribution is -2.33. The minimum atomic E-state index is -0.948. The summed E-state index contributed by atoms with van der Waals surface area (Å²) in [7, 11) is 0. The fourth-order valence-corrected chi connectivity index (χ4v) is 1.71. The number of nitrogens with two attached hydrogens (primary N) is 1. The number of rotatable bonds is 7. The maximum Gasteiger partial charge on any atom is 0.311 e. The van der Waals surface area contributed by atoms with Crippen LogP contribution in [0.4, 0.5) is 17.3 Å². The van der Waals surface area contributed by atoms with Crippen LogP contribution in [0.25, 0.3) is 0 Å². The number of nitrogens with one attached hydrogen (secondary N) is 2. The average molecular weight is 269 g/mol. The van der Waals surface area contributed by atoms with Crippen molar-refractivity contribution in [2.75, 3.05) is 17.3 Å². The third-order valence-corrected chi connectivity index (χ3v) is 2.64. The summed E-state index contributed by atoms with van der Waals surface area (Å²) in [6.45, 7) is 3.79. The highest BCUT2D eigenvalue weighted by molar-refractivity contribution is 5.60. The third-order valence-electron chi connectivity index (χ3n) is 2.64. The van der Waals surface area contributed by atoms with E-state index in [1.807, 2.05) is 6.92 Å². The van der Waals surface area contributed by atoms with Crippen LogP contribution in [0.3, 0.4) is 0 Å². The smallest absolute Gasteiger partial charge is 0.311 e. The second-order valence-corrected chi connectivity index (χ2v) is 4.57. The Morgan fingerprint density at radius 2 is 2.26 bits per heavy atom. The Morgan fingerprint density at radius 1 is 1.58 bits per heavy atom. The van der Waals surface area contributed by atoms with Crippen LogP contribution in [-0.4, -0.2) is 27.2 Å². The van der Waals surface area contributed by atoms with Gasteiger partial charge in [-0.1, -0.05) is 13.3 Å². The zero-order valence-electron chi connectivity index (χ0n) is 11.0. The fourth-order valence-electron chi connectivity index (χ4n) is 1.71. The summed E-state index contributed by atoms with van der Waals surface area (Å²) >= 11 is 0. The van der Waals surface area contributed by atoms with Crippen molar-refractivity contribution >= 4 is 17.3 Å². The minimum absolute atomic E-state index is 0.0804. The van der Waals surface area contributed by atoms with E-state index in [-0.39, 0.29) is 18.1 Å². The standard InChI is InChI=1S/C11H19N5O3/c1-3-6-11(2,17)7-13-10-8(16(18)19)4-5-9(14-10)15-12/h4-5,17H,3,6-7,12H2,1-2H3,(H2,13,14,15). The molecule has 8 nitrogen and oxygen atoms in total. The van der Waals surface area contributed by atoms with Gasteiger partial charge in [-0.15, -0.1) is 0 Å². The van der Waals surface area contributed by atoms with Gasteiger partial charge in [0.05, 0.1) is 10.5 Å². The minimum Gasteiger partial charge on any atom is -0.388 e. The van der Waals surface area contributed by atoms with Crippen LogP contribution in [0.2, 0.25) is 0 Å². The molecule has 0 aliphatic rings. The predicted octanol–water partition coefficient (Wildman–Crippen LogP) is 1.24. The van der Waals surface area contributed by atoms with E-state index in [0.29, 0.717) is 12.2 Å². The van der Waals surface area contributed by atoms with Crippen LogP contribution in [0.15, 0.2) is 12.1 Å². The molecule has 0 amide bonds. The van der Waals surface area contributed by atoms with Crippen LogP contribution in [-0.2, 0) is 0 Å². The molecule has 1 atom stereocenters. The van der Waals surface area contributed by atoms with Gasteiger partial charge in [0.15, 0.2) is 0 Å². The van der Waals surface area contributed by atoms with Crippen molar-refractivity contribution < 1.29 is 10.0 Å². The second-order valence-electron chi connectivity index (χ2n) is 4.57. The molecule has 1 unspecified atom stereocenters. The van der Waals surface area contributed by atoms with Crippen molar-refractivity contribution in [1.82, 2.24) is 4.98 Å². The number of nitro groups is 1. The van der Waals surface area contributed by atoms with E-state index in [0.717, 1.165) is 6.42 Å². The molecule has 8 heteroatoms. The molecule has 0 fully saturated rings. The summed E-state index contributed by atoms with van der Waals surface area (Å²) in [5.41, 5.74) is 1.21. The molecule has 0 aromatic carbocycles. The number of pyridine rings is 1. The van der Waals surface area contributed by atoms with Gasteiger partial charge in [0.25, 0.3) is 0 Å². The summed E-state index contributed by atoms with van der Waals surface area (Å²) in [6.07, 6.45) is 1.40. The molecule has 5 N–H and O–H groups in total. The Balaban J connectivity index is 2.89. The molecule has 106 valence electrons. The van der Waals surface area contributed by atoms with Gasteiger partial charge in [-0.25, -0.2) is 10.8 Å². The maximum absolute atomic E-state index is 10.9. The molecule has 0 bridgehead atoms. The zero-order valence-corrected chi connectivity index (χ0v) is 11.0. The van der Waals surface area contributed by atoms with Gasteiger partial charge in [-0.3, -0.25) is 10.1 Å². The van der Waals surface area contributed by atoms with E-state index in [1.165, 1.54) is 12.1 Å². The number of hydrogen-bond donors (Lipinski definition) is 4. The van der Waals surface area contributed by atoms with Gasteiger partial charge >= 0.3 is 5.69 Å². The van der Waals surface area contributed by atoms with Crippen molar-refractivity contribution in [3.05, 3.63) is 22.2 Å². The molecular weight excluding hydrogens is 250 g/mol. The number of hydrazine groups is 1. The van der Waals surface area contributed by atoms with Crippen LogP contribution < -0.4 is 16.6 Å². The normalized spacial score (nSPS) is 13.7. The van der Waals surface area contributed by atoms with E-state index in [1.54, 1.807) is 6.92 Å². The molecule has 0 saturated heterocycles. The highest BCUT2D eigenvalue weighted by atomic mass is 16.6. The molecule has 1 aromatic heterocycles. The first-order valence-electron chi connectivity index (χ1n) is 5.98. The fraction of sp³-hybridized carbons (Fsp3) is 0.545. The van der Waals surface area contributed by atoms with Gasteiger partial charge in [0.2, 0.25) is 5.82 Å². The number of hydrogen-bond acceptors (Lipinski definition) is 7. The molecule has 0 spiro atoms. The third kappa shape index (κ3) is 4.34. The Kier molecular flexibility index (Phi) is 5.02. The molecule has 1 aromatic rings. The maximum atomic E-state index is 10.9. The van der Waals surface area contributed by atoms with Crippen molar-refractivity contribution in [2.24, 2.45) is 5.84 Å². The highest BCUT2D eigenvalue weighted by Crippen LogP contribution is 2.24. The zero-order chi connectivity index (χ0) is 14.5. The quantitative estimate of drug-likeness (QED) is 0.333. The first-order chi connectivity index (χ1) is 8.89. The molecular formula is C11H19N5O3. The van der Waals surface area contributed by atoms with Crippen LogP contribution in [0.5, 0.6) is 0 Å². The van der Waals surface area contributed by atoms with Gasteiger partial charge in [0, 0.05) is 12.6 Å². The van der Waals surface area contributed by atoms with E-state index >= 15 is 0 Å². The van der Waals surface area contributed by atoms with E-state index in [9.17, 15) is 15.2 Å². The van der Waals surface area contributed by atoms with Crippen molar-refractivity contribution in [3.8, 4) is 0 Å². The SMILES string of the molecule is CCCC(C)(O)CNc1nc(NN)ccc1[N+](=O)[O-]. The van der Waals surface area contributed by atoms with Gasteiger partial charge in [-0.2, -0.15) is 0 Å². The van der Waals surface area contributed by atoms with Crippen molar-refractivity contribution in [1.29, 1.82) is 0 Å². The van der Waals surface area contributed by atoms with E-state index < -0.39 is 10.5 Å². The second kappa shape index (κ2) is 6.30. The van der Waals surface area contributed by atoms with Crippen LogP contribution in [0.1, 0.15) is 26.7 Å². The Bertz CT molecular complexity index is 450. The summed E-state index contributed by atoms with van der Waals surface area (Å²) < 4.78 is 0.